The molecule has 0 aliphatic rings. The number of carboxylic acids is 1. The average molecular weight is 345 g/mol. The number of aliphatic carboxylic acids is 1. The van der Waals surface area contributed by atoms with Crippen molar-refractivity contribution in [2.75, 3.05) is 32.7 Å². The maximum absolute atomic E-state index is 11.8. The van der Waals surface area contributed by atoms with Crippen LogP contribution in [0, 0.1) is 0 Å². The van der Waals surface area contributed by atoms with Crippen molar-refractivity contribution in [1.29, 1.82) is 0 Å². The topological polar surface area (TPSA) is 96.9 Å². The number of hydrogen-bond acceptors (Lipinski definition) is 5. The Bertz CT molecular complexity index is 539. The molecule has 0 saturated heterocycles. The summed E-state index contributed by atoms with van der Waals surface area (Å²) in [4.78, 5) is 22.9. The van der Waals surface area contributed by atoms with Gasteiger partial charge in [0.15, 0.2) is 0 Å². The molecule has 0 aliphatic heterocycles. The molecule has 0 spiro atoms. The highest BCUT2D eigenvalue weighted by atomic mass is 35.5. The second kappa shape index (κ2) is 9.91. The molecule has 0 heterocycles. The number of methoxy groups -OCH3 is 2. The van der Waals surface area contributed by atoms with Crippen LogP contribution in [0.3, 0.4) is 0 Å². The Morgan fingerprint density at radius 1 is 1.35 bits per heavy atom. The minimum Gasteiger partial charge on any atom is -0.495 e. The van der Waals surface area contributed by atoms with Crippen LogP contribution in [0.5, 0.6) is 5.75 Å². The van der Waals surface area contributed by atoms with E-state index >= 15 is 0 Å². The first kappa shape index (κ1) is 19.1. The highest BCUT2D eigenvalue weighted by molar-refractivity contribution is 6.30. The number of carboxylic acid groups (broad SMARTS) is 1. The van der Waals surface area contributed by atoms with Crippen LogP contribution in [0.15, 0.2) is 18.2 Å². The fraction of sp³-hybridized carbons (Fsp3) is 0.467. The van der Waals surface area contributed by atoms with Crippen molar-refractivity contribution in [3.63, 3.8) is 0 Å². The molecule has 1 aromatic carbocycles. The van der Waals surface area contributed by atoms with Crippen LogP contribution >= 0.6 is 11.6 Å². The van der Waals surface area contributed by atoms with Gasteiger partial charge < -0.3 is 25.2 Å². The molecular formula is C15H21ClN2O5. The van der Waals surface area contributed by atoms with E-state index in [2.05, 4.69) is 10.6 Å². The molecule has 128 valence electrons. The zero-order valence-corrected chi connectivity index (χ0v) is 13.9. The Labute approximate surface area is 139 Å². The summed E-state index contributed by atoms with van der Waals surface area (Å²) in [5, 5.41) is 15.1. The van der Waals surface area contributed by atoms with Crippen LogP contribution in [-0.4, -0.2) is 50.4 Å². The minimum absolute atomic E-state index is 0.117. The van der Waals surface area contributed by atoms with Gasteiger partial charge in [-0.3, -0.25) is 4.79 Å². The summed E-state index contributed by atoms with van der Waals surface area (Å²) < 4.78 is 10.0. The molecule has 1 aromatic rings. The molecule has 0 saturated carbocycles. The van der Waals surface area contributed by atoms with Crippen LogP contribution in [-0.2, 0) is 14.3 Å². The summed E-state index contributed by atoms with van der Waals surface area (Å²) in [6.45, 7) is 0.578. The zero-order chi connectivity index (χ0) is 17.2. The number of rotatable bonds is 10. The quantitative estimate of drug-likeness (QED) is 0.598. The first-order valence-corrected chi connectivity index (χ1v) is 7.44. The highest BCUT2D eigenvalue weighted by Crippen LogP contribution is 2.27. The third kappa shape index (κ3) is 6.75. The molecule has 1 rings (SSSR count). The average Bonchev–Trinajstić information content (AvgIpc) is 2.51. The third-order valence-corrected chi connectivity index (χ3v) is 3.31. The molecule has 0 aliphatic carbocycles. The van der Waals surface area contributed by atoms with E-state index in [1.54, 1.807) is 18.2 Å². The number of carbonyl (C=O) groups excluding carboxylic acids is 1. The lowest BCUT2D eigenvalue weighted by atomic mass is 10.2. The molecule has 23 heavy (non-hydrogen) atoms. The lowest BCUT2D eigenvalue weighted by molar-refractivity contribution is -0.142. The van der Waals surface area contributed by atoms with Crippen molar-refractivity contribution in [3.05, 3.63) is 23.2 Å². The molecule has 0 aromatic heterocycles. The van der Waals surface area contributed by atoms with Crippen molar-refractivity contribution in [2.24, 2.45) is 0 Å². The van der Waals surface area contributed by atoms with Gasteiger partial charge in [-0.15, -0.1) is 0 Å². The van der Waals surface area contributed by atoms with Crippen molar-refractivity contribution in [2.45, 2.75) is 18.9 Å². The molecule has 7 nitrogen and oxygen atoms in total. The molecule has 1 amide bonds. The molecule has 1 atom stereocenters. The lowest BCUT2D eigenvalue weighted by Crippen LogP contribution is -2.42. The van der Waals surface area contributed by atoms with Gasteiger partial charge in [0.05, 0.1) is 12.8 Å². The molecule has 0 radical (unpaired) electrons. The molecule has 1 unspecified atom stereocenters. The first-order valence-electron chi connectivity index (χ1n) is 7.06. The monoisotopic (exact) mass is 344 g/mol. The van der Waals surface area contributed by atoms with Gasteiger partial charge in [-0.2, -0.15) is 0 Å². The van der Waals surface area contributed by atoms with E-state index < -0.39 is 12.0 Å². The van der Waals surface area contributed by atoms with Crippen LogP contribution in [0.25, 0.3) is 0 Å². The van der Waals surface area contributed by atoms with E-state index in [-0.39, 0.29) is 25.4 Å². The van der Waals surface area contributed by atoms with E-state index in [9.17, 15) is 9.59 Å². The van der Waals surface area contributed by atoms with Gasteiger partial charge >= 0.3 is 5.97 Å². The van der Waals surface area contributed by atoms with Crippen molar-refractivity contribution in [1.82, 2.24) is 5.32 Å². The van der Waals surface area contributed by atoms with Gasteiger partial charge in [0.25, 0.3) is 0 Å². The molecule has 0 fully saturated rings. The van der Waals surface area contributed by atoms with Gasteiger partial charge in [-0.1, -0.05) is 11.6 Å². The van der Waals surface area contributed by atoms with E-state index in [0.717, 1.165) is 0 Å². The van der Waals surface area contributed by atoms with Crippen LogP contribution in [0.1, 0.15) is 12.8 Å². The SMILES string of the molecule is COCCC(NC(=O)CCNc1cc(Cl)ccc1OC)C(=O)O. The molecular weight excluding hydrogens is 324 g/mol. The summed E-state index contributed by atoms with van der Waals surface area (Å²) in [6.07, 6.45) is 0.333. The third-order valence-electron chi connectivity index (χ3n) is 3.07. The number of carbonyl (C=O) groups is 2. The molecule has 3 N–H and O–H groups in total. The predicted molar refractivity (Wildman–Crippen MR) is 87.2 cm³/mol. The number of benzene rings is 1. The first-order chi connectivity index (χ1) is 11.0. The van der Waals surface area contributed by atoms with E-state index in [1.807, 2.05) is 0 Å². The standard InChI is InChI=1S/C15H21ClN2O5/c1-22-8-6-11(15(20)21)18-14(19)5-7-17-12-9-10(16)3-4-13(12)23-2/h3-4,9,11,17H,5-8H2,1-2H3,(H,18,19)(H,20,21). The van der Waals surface area contributed by atoms with Gasteiger partial charge in [-0.25, -0.2) is 4.79 Å². The smallest absolute Gasteiger partial charge is 0.326 e. The largest absolute Gasteiger partial charge is 0.495 e. The second-order valence-corrected chi connectivity index (χ2v) is 5.20. The molecule has 8 heteroatoms. The van der Waals surface area contributed by atoms with Gasteiger partial charge in [-0.05, 0) is 18.2 Å². The van der Waals surface area contributed by atoms with E-state index in [4.69, 9.17) is 26.2 Å². The maximum atomic E-state index is 11.8. The second-order valence-electron chi connectivity index (χ2n) is 4.76. The summed E-state index contributed by atoms with van der Waals surface area (Å²) in [6, 6.07) is 4.15. The van der Waals surface area contributed by atoms with Crippen molar-refractivity contribution < 1.29 is 24.2 Å². The van der Waals surface area contributed by atoms with Gasteiger partial charge in [0.2, 0.25) is 5.91 Å². The normalized spacial score (nSPS) is 11.6. The van der Waals surface area contributed by atoms with Crippen molar-refractivity contribution in [3.8, 4) is 5.75 Å². The summed E-state index contributed by atoms with van der Waals surface area (Å²) in [5.41, 5.74) is 0.668. The predicted octanol–water partition coefficient (Wildman–Crippen LogP) is 1.76. The summed E-state index contributed by atoms with van der Waals surface area (Å²) in [5.74, 6) is -0.833. The number of amides is 1. The Morgan fingerprint density at radius 3 is 2.70 bits per heavy atom. The Hall–Kier alpha value is -1.99. The number of halogens is 1. The highest BCUT2D eigenvalue weighted by Gasteiger charge is 2.19. The Balaban J connectivity index is 2.47. The van der Waals surface area contributed by atoms with Crippen LogP contribution < -0.4 is 15.4 Å². The Morgan fingerprint density at radius 2 is 2.09 bits per heavy atom. The van der Waals surface area contributed by atoms with E-state index in [1.165, 1.54) is 14.2 Å². The van der Waals surface area contributed by atoms with Crippen LogP contribution in [0.4, 0.5) is 5.69 Å². The minimum atomic E-state index is -1.08. The maximum Gasteiger partial charge on any atom is 0.326 e. The van der Waals surface area contributed by atoms with Gasteiger partial charge in [0, 0.05) is 38.1 Å². The Kier molecular flexibility index (Phi) is 8.21. The summed E-state index contributed by atoms with van der Waals surface area (Å²) >= 11 is 5.92. The molecule has 0 bridgehead atoms. The fourth-order valence-electron chi connectivity index (χ4n) is 1.89. The number of ether oxygens (including phenoxy) is 2. The number of anilines is 1. The number of nitrogens with one attached hydrogen (secondary N) is 2. The van der Waals surface area contributed by atoms with Gasteiger partial charge in [0.1, 0.15) is 11.8 Å². The van der Waals surface area contributed by atoms with E-state index in [0.29, 0.717) is 23.0 Å². The van der Waals surface area contributed by atoms with Crippen molar-refractivity contribution >= 4 is 29.2 Å². The fourth-order valence-corrected chi connectivity index (χ4v) is 2.06. The summed E-state index contributed by atoms with van der Waals surface area (Å²) in [7, 11) is 3.01. The zero-order valence-electron chi connectivity index (χ0n) is 13.1. The number of hydrogen-bond donors (Lipinski definition) is 3. The lowest BCUT2D eigenvalue weighted by Gasteiger charge is -2.15. The van der Waals surface area contributed by atoms with Crippen LogP contribution in [0.2, 0.25) is 5.02 Å².